The van der Waals surface area contributed by atoms with Crippen LogP contribution in [0.3, 0.4) is 0 Å². The molecule has 2 bridgehead atoms. The predicted octanol–water partition coefficient (Wildman–Crippen LogP) is 2.96. The van der Waals surface area contributed by atoms with Gasteiger partial charge in [0.2, 0.25) is 0 Å². The molecule has 0 N–H and O–H groups in total. The third-order valence-corrected chi connectivity index (χ3v) is 4.40. The maximum absolute atomic E-state index is 12.0. The minimum atomic E-state index is -0.375. The average Bonchev–Trinajstić information content (AvgIpc) is 2.55. The van der Waals surface area contributed by atoms with Gasteiger partial charge in [0.1, 0.15) is 5.60 Å². The molecule has 3 nitrogen and oxygen atoms in total. The Kier molecular flexibility index (Phi) is 2.90. The van der Waals surface area contributed by atoms with Crippen LogP contribution in [0.5, 0.6) is 0 Å². The van der Waals surface area contributed by atoms with Crippen molar-refractivity contribution in [2.75, 3.05) is 0 Å². The monoisotopic (exact) mass is 323 g/mol. The summed E-state index contributed by atoms with van der Waals surface area (Å²) in [5, 5.41) is 0. The van der Waals surface area contributed by atoms with E-state index in [1.165, 1.54) is 0 Å². The van der Waals surface area contributed by atoms with Gasteiger partial charge in [-0.25, -0.2) is 4.79 Å². The van der Waals surface area contributed by atoms with Crippen LogP contribution < -0.4 is 0 Å². The molecule has 2 heterocycles. The van der Waals surface area contributed by atoms with Crippen molar-refractivity contribution in [3.63, 3.8) is 0 Å². The van der Waals surface area contributed by atoms with Crippen LogP contribution in [0.2, 0.25) is 0 Å². The molecule has 86 valence electrons. The lowest BCUT2D eigenvalue weighted by Gasteiger charge is -2.27. The molecule has 0 aromatic rings. The van der Waals surface area contributed by atoms with E-state index in [1.807, 2.05) is 25.7 Å². The summed E-state index contributed by atoms with van der Waals surface area (Å²) in [6.45, 7) is 5.76. The first kappa shape index (κ1) is 11.5. The van der Waals surface area contributed by atoms with Gasteiger partial charge in [0.25, 0.3) is 0 Å². The van der Waals surface area contributed by atoms with E-state index < -0.39 is 0 Å². The van der Waals surface area contributed by atoms with Crippen LogP contribution in [0.1, 0.15) is 40.0 Å². The van der Waals surface area contributed by atoms with E-state index in [2.05, 4.69) is 22.6 Å². The summed E-state index contributed by atoms with van der Waals surface area (Å²) in [6, 6.07) is 0.859. The highest BCUT2D eigenvalue weighted by molar-refractivity contribution is 14.1. The fourth-order valence-electron chi connectivity index (χ4n) is 2.51. The average molecular weight is 323 g/mol. The fourth-order valence-corrected chi connectivity index (χ4v) is 3.81. The highest BCUT2D eigenvalue weighted by Crippen LogP contribution is 2.42. The molecule has 3 atom stereocenters. The van der Waals surface area contributed by atoms with Gasteiger partial charge in [0, 0.05) is 16.0 Å². The summed E-state index contributed by atoms with van der Waals surface area (Å²) in [6.07, 6.45) is 3.33. The number of halogens is 1. The van der Waals surface area contributed by atoms with Crippen LogP contribution >= 0.6 is 22.6 Å². The summed E-state index contributed by atoms with van der Waals surface area (Å²) in [5.74, 6) is 0. The lowest BCUT2D eigenvalue weighted by molar-refractivity contribution is 0.0219. The Morgan fingerprint density at radius 1 is 1.40 bits per heavy atom. The third-order valence-electron chi connectivity index (χ3n) is 3.07. The highest BCUT2D eigenvalue weighted by Gasteiger charge is 2.48. The molecule has 2 fully saturated rings. The Labute approximate surface area is 105 Å². The second-order valence-corrected chi connectivity index (χ2v) is 7.04. The van der Waals surface area contributed by atoms with E-state index in [4.69, 9.17) is 4.74 Å². The summed E-state index contributed by atoms with van der Waals surface area (Å²) in [7, 11) is 0. The number of fused-ring (bicyclic) bond motifs is 2. The maximum atomic E-state index is 12.0. The van der Waals surface area contributed by atoms with E-state index in [0.717, 1.165) is 19.3 Å². The second kappa shape index (κ2) is 3.79. The number of nitrogens with zero attached hydrogens (tertiary/aromatic N) is 1. The van der Waals surface area contributed by atoms with E-state index in [0.29, 0.717) is 16.0 Å². The Hall–Kier alpha value is 0. The van der Waals surface area contributed by atoms with Crippen molar-refractivity contribution in [1.82, 2.24) is 4.90 Å². The zero-order chi connectivity index (χ0) is 11.2. The molecule has 0 aromatic heterocycles. The van der Waals surface area contributed by atoms with Gasteiger partial charge >= 0.3 is 6.09 Å². The topological polar surface area (TPSA) is 29.5 Å². The van der Waals surface area contributed by atoms with Crippen molar-refractivity contribution in [3.05, 3.63) is 0 Å². The number of alkyl halides is 1. The van der Waals surface area contributed by atoms with E-state index in [1.54, 1.807) is 0 Å². The number of amides is 1. The van der Waals surface area contributed by atoms with Crippen molar-refractivity contribution >= 4 is 28.7 Å². The molecule has 1 amide bonds. The summed E-state index contributed by atoms with van der Waals surface area (Å²) < 4.78 is 6.05. The van der Waals surface area contributed by atoms with Gasteiger partial charge in [-0.3, -0.25) is 0 Å². The Morgan fingerprint density at radius 3 is 2.47 bits per heavy atom. The van der Waals surface area contributed by atoms with Gasteiger partial charge in [0.15, 0.2) is 0 Å². The summed E-state index contributed by atoms with van der Waals surface area (Å²) >= 11 is 2.46. The van der Waals surface area contributed by atoms with Gasteiger partial charge in [0.05, 0.1) is 0 Å². The fraction of sp³-hybridized carbons (Fsp3) is 0.909. The molecule has 0 spiro atoms. The number of carbonyl (C=O) groups is 1. The lowest BCUT2D eigenvalue weighted by Crippen LogP contribution is -2.40. The minimum Gasteiger partial charge on any atom is -0.444 e. The largest absolute Gasteiger partial charge is 0.444 e. The number of ether oxygens (including phenoxy) is 1. The van der Waals surface area contributed by atoms with Gasteiger partial charge in [-0.05, 0) is 40.0 Å². The smallest absolute Gasteiger partial charge is 0.410 e. The number of rotatable bonds is 0. The van der Waals surface area contributed by atoms with Crippen molar-refractivity contribution < 1.29 is 9.53 Å². The van der Waals surface area contributed by atoms with Crippen molar-refractivity contribution in [3.8, 4) is 0 Å². The zero-order valence-corrected chi connectivity index (χ0v) is 11.7. The lowest BCUT2D eigenvalue weighted by atomic mass is 10.0. The van der Waals surface area contributed by atoms with Gasteiger partial charge in [-0.15, -0.1) is 0 Å². The molecule has 0 saturated carbocycles. The van der Waals surface area contributed by atoms with Crippen LogP contribution in [0, 0.1) is 0 Å². The first-order chi connectivity index (χ1) is 6.88. The predicted molar refractivity (Wildman–Crippen MR) is 67.3 cm³/mol. The van der Waals surface area contributed by atoms with Crippen molar-refractivity contribution in [1.29, 1.82) is 0 Å². The highest BCUT2D eigenvalue weighted by atomic mass is 127. The van der Waals surface area contributed by atoms with E-state index >= 15 is 0 Å². The van der Waals surface area contributed by atoms with Crippen LogP contribution in [-0.2, 0) is 4.74 Å². The normalized spacial score (nSPS) is 34.7. The molecular formula is C11H18INO2. The van der Waals surface area contributed by atoms with Crippen LogP contribution in [-0.4, -0.2) is 32.6 Å². The minimum absolute atomic E-state index is 0.117. The Bertz CT molecular complexity index is 274. The first-order valence-electron chi connectivity index (χ1n) is 5.54. The van der Waals surface area contributed by atoms with Crippen LogP contribution in [0.4, 0.5) is 4.79 Å². The second-order valence-electron chi connectivity index (χ2n) is 5.44. The molecule has 15 heavy (non-hydrogen) atoms. The molecule has 2 rings (SSSR count). The zero-order valence-electron chi connectivity index (χ0n) is 9.50. The van der Waals surface area contributed by atoms with Crippen molar-refractivity contribution in [2.24, 2.45) is 0 Å². The Balaban J connectivity index is 2.03. The number of hydrogen-bond acceptors (Lipinski definition) is 2. The quantitative estimate of drug-likeness (QED) is 0.507. The SMILES string of the molecule is CC(C)(C)OC(=O)N1[C@@H]2CC[C@H]1C(I)C2. The molecular weight excluding hydrogens is 305 g/mol. The molecule has 0 aliphatic carbocycles. The van der Waals surface area contributed by atoms with Crippen LogP contribution in [0.25, 0.3) is 0 Å². The standard InChI is InChI=1S/C11H18INO2/c1-11(2,3)15-10(14)13-7-4-5-9(13)8(12)6-7/h7-9H,4-6H2,1-3H3/t7-,8?,9+/m1/s1. The molecule has 0 aromatic carbocycles. The molecule has 2 saturated heterocycles. The van der Waals surface area contributed by atoms with E-state index in [9.17, 15) is 4.79 Å². The molecule has 1 unspecified atom stereocenters. The third kappa shape index (κ3) is 2.24. The summed E-state index contributed by atoms with van der Waals surface area (Å²) in [4.78, 5) is 13.9. The van der Waals surface area contributed by atoms with Gasteiger partial charge < -0.3 is 9.64 Å². The number of hydrogen-bond donors (Lipinski definition) is 0. The summed E-state index contributed by atoms with van der Waals surface area (Å²) in [5.41, 5.74) is -0.375. The maximum Gasteiger partial charge on any atom is 0.410 e. The van der Waals surface area contributed by atoms with Crippen LogP contribution in [0.15, 0.2) is 0 Å². The van der Waals surface area contributed by atoms with E-state index in [-0.39, 0.29) is 11.7 Å². The van der Waals surface area contributed by atoms with Crippen molar-refractivity contribution in [2.45, 2.75) is 61.6 Å². The molecule has 4 heteroatoms. The van der Waals surface area contributed by atoms with Gasteiger partial charge in [-0.1, -0.05) is 22.6 Å². The molecule has 2 aliphatic rings. The number of carbonyl (C=O) groups excluding carboxylic acids is 1. The first-order valence-corrected chi connectivity index (χ1v) is 6.78. The molecule has 2 aliphatic heterocycles. The molecule has 0 radical (unpaired) electrons. The van der Waals surface area contributed by atoms with Gasteiger partial charge in [-0.2, -0.15) is 0 Å². The Morgan fingerprint density at radius 2 is 2.07 bits per heavy atom.